The molecule has 0 radical (unpaired) electrons. The number of benzene rings is 2. The zero-order valence-electron chi connectivity index (χ0n) is 16.4. The topological polar surface area (TPSA) is 44.8 Å². The number of rotatable bonds is 5. The van der Waals surface area contributed by atoms with Crippen LogP contribution in [0.25, 0.3) is 0 Å². The number of carbonyl (C=O) groups excluding carboxylic acids is 1. The number of hydrogen-bond acceptors (Lipinski definition) is 3. The molecule has 5 nitrogen and oxygen atoms in total. The van der Waals surface area contributed by atoms with Gasteiger partial charge in [-0.1, -0.05) is 30.3 Å². The van der Waals surface area contributed by atoms with Gasteiger partial charge in [-0.25, -0.2) is 4.79 Å². The summed E-state index contributed by atoms with van der Waals surface area (Å²) in [5.74, 6) is 0.836. The van der Waals surface area contributed by atoms with Gasteiger partial charge in [-0.05, 0) is 37.6 Å². The molecule has 0 spiro atoms. The van der Waals surface area contributed by atoms with Gasteiger partial charge in [0.2, 0.25) is 0 Å². The molecule has 1 N–H and O–H groups in total. The van der Waals surface area contributed by atoms with E-state index in [0.29, 0.717) is 6.04 Å². The highest BCUT2D eigenvalue weighted by Crippen LogP contribution is 2.25. The van der Waals surface area contributed by atoms with Crippen LogP contribution in [0.15, 0.2) is 48.5 Å². The number of hydrogen-bond donors (Lipinski definition) is 1. The minimum absolute atomic E-state index is 0.0331. The van der Waals surface area contributed by atoms with Crippen LogP contribution in [0.3, 0.4) is 0 Å². The maximum Gasteiger partial charge on any atom is 0.321 e. The molecule has 0 atom stereocenters. The van der Waals surface area contributed by atoms with Crippen LogP contribution in [0.1, 0.15) is 25.0 Å². The van der Waals surface area contributed by atoms with Gasteiger partial charge in [-0.15, -0.1) is 0 Å². The molecule has 3 rings (SSSR count). The molecule has 1 saturated heterocycles. The van der Waals surface area contributed by atoms with Crippen molar-refractivity contribution in [2.75, 3.05) is 38.6 Å². The smallest absolute Gasteiger partial charge is 0.321 e. The zero-order chi connectivity index (χ0) is 19.2. The standard InChI is InChI=1S/C22H29N3O2/c1-17(2)24-11-13-25(14-12-24)22(26)23-20-9-10-21(27-3)19(16-20)15-18-7-5-4-6-8-18/h4-10,16-17H,11-15H2,1-3H3,(H,23,26). The summed E-state index contributed by atoms with van der Waals surface area (Å²) in [4.78, 5) is 16.9. The van der Waals surface area contributed by atoms with Gasteiger partial charge in [0.25, 0.3) is 0 Å². The van der Waals surface area contributed by atoms with E-state index in [2.05, 4.69) is 36.2 Å². The lowest BCUT2D eigenvalue weighted by molar-refractivity contribution is 0.125. The third kappa shape index (κ3) is 5.01. The van der Waals surface area contributed by atoms with Gasteiger partial charge < -0.3 is 15.0 Å². The van der Waals surface area contributed by atoms with Crippen LogP contribution < -0.4 is 10.1 Å². The average molecular weight is 367 g/mol. The second-order valence-electron chi connectivity index (χ2n) is 7.24. The molecule has 27 heavy (non-hydrogen) atoms. The highest BCUT2D eigenvalue weighted by atomic mass is 16.5. The van der Waals surface area contributed by atoms with E-state index in [9.17, 15) is 4.79 Å². The highest BCUT2D eigenvalue weighted by Gasteiger charge is 2.22. The first-order chi connectivity index (χ1) is 13.1. The van der Waals surface area contributed by atoms with Crippen molar-refractivity contribution in [1.82, 2.24) is 9.80 Å². The Morgan fingerprint density at radius 2 is 1.78 bits per heavy atom. The minimum atomic E-state index is -0.0331. The molecule has 5 heteroatoms. The fraction of sp³-hybridized carbons (Fsp3) is 0.409. The van der Waals surface area contributed by atoms with Gasteiger partial charge in [0, 0.05) is 49.9 Å². The Balaban J connectivity index is 1.66. The van der Waals surface area contributed by atoms with E-state index in [1.165, 1.54) is 5.56 Å². The normalized spacial score (nSPS) is 15.0. The average Bonchev–Trinajstić information content (AvgIpc) is 2.69. The van der Waals surface area contributed by atoms with E-state index >= 15 is 0 Å². The number of ether oxygens (including phenoxy) is 1. The molecular weight excluding hydrogens is 338 g/mol. The Hall–Kier alpha value is -2.53. The first kappa shape index (κ1) is 19.2. The van der Waals surface area contributed by atoms with Crippen molar-refractivity contribution in [1.29, 1.82) is 0 Å². The fourth-order valence-electron chi connectivity index (χ4n) is 3.45. The van der Waals surface area contributed by atoms with Crippen LogP contribution in [-0.4, -0.2) is 55.2 Å². The van der Waals surface area contributed by atoms with Gasteiger partial charge in [0.1, 0.15) is 5.75 Å². The van der Waals surface area contributed by atoms with E-state index in [1.54, 1.807) is 7.11 Å². The van der Waals surface area contributed by atoms with Crippen molar-refractivity contribution >= 4 is 11.7 Å². The lowest BCUT2D eigenvalue weighted by atomic mass is 10.0. The summed E-state index contributed by atoms with van der Waals surface area (Å²) >= 11 is 0. The Morgan fingerprint density at radius 1 is 1.07 bits per heavy atom. The summed E-state index contributed by atoms with van der Waals surface area (Å²) in [7, 11) is 1.68. The van der Waals surface area contributed by atoms with E-state index in [1.807, 2.05) is 41.3 Å². The number of nitrogens with one attached hydrogen (secondary N) is 1. The number of urea groups is 1. The van der Waals surface area contributed by atoms with Crippen molar-refractivity contribution in [2.24, 2.45) is 0 Å². The minimum Gasteiger partial charge on any atom is -0.496 e. The van der Waals surface area contributed by atoms with Crippen LogP contribution in [0.5, 0.6) is 5.75 Å². The largest absolute Gasteiger partial charge is 0.496 e. The Labute approximate surface area is 161 Å². The van der Waals surface area contributed by atoms with Crippen LogP contribution in [0, 0.1) is 0 Å². The van der Waals surface area contributed by atoms with Gasteiger partial charge in [-0.2, -0.15) is 0 Å². The molecule has 1 fully saturated rings. The van der Waals surface area contributed by atoms with Crippen molar-refractivity contribution in [3.05, 3.63) is 59.7 Å². The molecule has 1 heterocycles. The van der Waals surface area contributed by atoms with Crippen LogP contribution in [-0.2, 0) is 6.42 Å². The van der Waals surface area contributed by atoms with Crippen molar-refractivity contribution in [2.45, 2.75) is 26.3 Å². The molecule has 1 aliphatic rings. The second-order valence-corrected chi connectivity index (χ2v) is 7.24. The zero-order valence-corrected chi connectivity index (χ0v) is 16.4. The third-order valence-corrected chi connectivity index (χ3v) is 5.10. The molecule has 2 aromatic carbocycles. The molecule has 0 aromatic heterocycles. The van der Waals surface area contributed by atoms with Crippen molar-refractivity contribution in [3.8, 4) is 5.75 Å². The lowest BCUT2D eigenvalue weighted by Gasteiger charge is -2.36. The van der Waals surface area contributed by atoms with Crippen molar-refractivity contribution < 1.29 is 9.53 Å². The highest BCUT2D eigenvalue weighted by molar-refractivity contribution is 5.89. The summed E-state index contributed by atoms with van der Waals surface area (Å²) in [6, 6.07) is 16.6. The number of nitrogens with zero attached hydrogens (tertiary/aromatic N) is 2. The molecular formula is C22H29N3O2. The Morgan fingerprint density at radius 3 is 2.41 bits per heavy atom. The first-order valence-corrected chi connectivity index (χ1v) is 9.57. The predicted octanol–water partition coefficient (Wildman–Crippen LogP) is 3.84. The van der Waals surface area contributed by atoms with Crippen LogP contribution >= 0.6 is 0 Å². The molecule has 0 bridgehead atoms. The van der Waals surface area contributed by atoms with Gasteiger partial charge in [-0.3, -0.25) is 4.90 Å². The monoisotopic (exact) mass is 367 g/mol. The van der Waals surface area contributed by atoms with Gasteiger partial charge >= 0.3 is 6.03 Å². The summed E-state index contributed by atoms with van der Waals surface area (Å²) in [5.41, 5.74) is 3.08. The molecule has 0 aliphatic carbocycles. The fourth-order valence-corrected chi connectivity index (χ4v) is 3.45. The summed E-state index contributed by atoms with van der Waals surface area (Å²) in [5, 5.41) is 3.05. The first-order valence-electron chi connectivity index (χ1n) is 9.57. The number of piperazine rings is 1. The molecule has 2 amide bonds. The van der Waals surface area contributed by atoms with E-state index < -0.39 is 0 Å². The Kier molecular flexibility index (Phi) is 6.35. The van der Waals surface area contributed by atoms with E-state index in [4.69, 9.17) is 4.74 Å². The second kappa shape index (κ2) is 8.91. The summed E-state index contributed by atoms with van der Waals surface area (Å²) in [6.07, 6.45) is 0.765. The number of methoxy groups -OCH3 is 1. The molecule has 1 aliphatic heterocycles. The summed E-state index contributed by atoms with van der Waals surface area (Å²) in [6.45, 7) is 7.76. The van der Waals surface area contributed by atoms with E-state index in [-0.39, 0.29) is 6.03 Å². The third-order valence-electron chi connectivity index (χ3n) is 5.10. The maximum absolute atomic E-state index is 12.6. The van der Waals surface area contributed by atoms with Gasteiger partial charge in [0.15, 0.2) is 0 Å². The van der Waals surface area contributed by atoms with Gasteiger partial charge in [0.05, 0.1) is 7.11 Å². The number of carbonyl (C=O) groups is 1. The molecule has 144 valence electrons. The van der Waals surface area contributed by atoms with Crippen LogP contribution in [0.2, 0.25) is 0 Å². The maximum atomic E-state index is 12.6. The number of amides is 2. The summed E-state index contributed by atoms with van der Waals surface area (Å²) < 4.78 is 5.50. The lowest BCUT2D eigenvalue weighted by Crippen LogP contribution is -2.51. The molecule has 2 aromatic rings. The molecule has 0 unspecified atom stereocenters. The van der Waals surface area contributed by atoms with E-state index in [0.717, 1.165) is 49.6 Å². The molecule has 0 saturated carbocycles. The van der Waals surface area contributed by atoms with Crippen LogP contribution in [0.4, 0.5) is 10.5 Å². The SMILES string of the molecule is COc1ccc(NC(=O)N2CCN(C(C)C)CC2)cc1Cc1ccccc1. The Bertz CT molecular complexity index is 753. The number of anilines is 1. The predicted molar refractivity (Wildman–Crippen MR) is 110 cm³/mol. The van der Waals surface area contributed by atoms with Crippen molar-refractivity contribution in [3.63, 3.8) is 0 Å². The quantitative estimate of drug-likeness (QED) is 0.873.